The van der Waals surface area contributed by atoms with Gasteiger partial charge in [0, 0.05) is 17.2 Å². The lowest BCUT2D eigenvalue weighted by atomic mass is 9.75. The van der Waals surface area contributed by atoms with Gasteiger partial charge in [0.15, 0.2) is 0 Å². The molecule has 1 aromatic carbocycles. The third-order valence-electron chi connectivity index (χ3n) is 5.72. The molecule has 3 heteroatoms. The number of carbonyl (C=O) groups excluding carboxylic acids is 1. The highest BCUT2D eigenvalue weighted by molar-refractivity contribution is 5.96. The van der Waals surface area contributed by atoms with Crippen molar-refractivity contribution in [2.75, 3.05) is 5.32 Å². The van der Waals surface area contributed by atoms with Gasteiger partial charge in [0.2, 0.25) is 5.91 Å². The highest BCUT2D eigenvalue weighted by Crippen LogP contribution is 2.45. The summed E-state index contributed by atoms with van der Waals surface area (Å²) in [6, 6.07) is 10.1. The molecular weight excluding hydrogens is 310 g/mol. The molecule has 0 atom stereocenters. The standard InChI is InChI=1S/C22H29NO2/c1-15(2)20-13-18(14-25-20)17-7-9-19(10-8-17)23-21(24)22(16(3)4)11-5-6-12-22/h7-10,13-16H,5-6,11-12H2,1-4H3,(H,23,24). The van der Waals surface area contributed by atoms with Crippen LogP contribution in [0.15, 0.2) is 41.0 Å². The molecule has 0 saturated heterocycles. The summed E-state index contributed by atoms with van der Waals surface area (Å²) < 4.78 is 5.61. The maximum atomic E-state index is 12.9. The summed E-state index contributed by atoms with van der Waals surface area (Å²) in [5.41, 5.74) is 2.85. The van der Waals surface area contributed by atoms with Crippen LogP contribution in [0.4, 0.5) is 5.69 Å². The Hall–Kier alpha value is -2.03. The zero-order valence-electron chi connectivity index (χ0n) is 15.8. The quantitative estimate of drug-likeness (QED) is 0.702. The number of rotatable bonds is 5. The van der Waals surface area contributed by atoms with Gasteiger partial charge in [-0.3, -0.25) is 4.79 Å². The van der Waals surface area contributed by atoms with Crippen LogP contribution in [0.25, 0.3) is 11.1 Å². The first kappa shape index (κ1) is 17.8. The molecule has 1 fully saturated rings. The summed E-state index contributed by atoms with van der Waals surface area (Å²) in [5, 5.41) is 3.15. The van der Waals surface area contributed by atoms with Crippen molar-refractivity contribution in [1.82, 2.24) is 0 Å². The predicted octanol–water partition coefficient (Wildman–Crippen LogP) is 6.22. The van der Waals surface area contributed by atoms with Crippen molar-refractivity contribution in [1.29, 1.82) is 0 Å². The van der Waals surface area contributed by atoms with Crippen molar-refractivity contribution in [3.63, 3.8) is 0 Å². The molecule has 1 amide bonds. The molecule has 3 rings (SSSR count). The zero-order chi connectivity index (χ0) is 18.0. The van der Waals surface area contributed by atoms with Crippen molar-refractivity contribution in [3.8, 4) is 11.1 Å². The third kappa shape index (κ3) is 3.51. The van der Waals surface area contributed by atoms with Crippen LogP contribution in [0, 0.1) is 11.3 Å². The van der Waals surface area contributed by atoms with E-state index in [1.807, 2.05) is 24.3 Å². The predicted molar refractivity (Wildman–Crippen MR) is 103 cm³/mol. The van der Waals surface area contributed by atoms with Crippen LogP contribution in [0.1, 0.15) is 65.1 Å². The highest BCUT2D eigenvalue weighted by atomic mass is 16.3. The number of nitrogens with one attached hydrogen (secondary N) is 1. The van der Waals surface area contributed by atoms with E-state index in [1.165, 1.54) is 0 Å². The number of hydrogen-bond donors (Lipinski definition) is 1. The number of amides is 1. The number of furan rings is 1. The maximum Gasteiger partial charge on any atom is 0.230 e. The minimum absolute atomic E-state index is 0.179. The summed E-state index contributed by atoms with van der Waals surface area (Å²) in [5.74, 6) is 1.92. The van der Waals surface area contributed by atoms with Gasteiger partial charge in [-0.1, -0.05) is 52.7 Å². The second kappa shape index (κ2) is 7.07. The van der Waals surface area contributed by atoms with Crippen molar-refractivity contribution in [3.05, 3.63) is 42.4 Å². The molecular formula is C22H29NO2. The van der Waals surface area contributed by atoms with Gasteiger partial charge in [0.25, 0.3) is 0 Å². The van der Waals surface area contributed by atoms with E-state index in [-0.39, 0.29) is 11.3 Å². The summed E-state index contributed by atoms with van der Waals surface area (Å²) in [6.45, 7) is 8.57. The largest absolute Gasteiger partial charge is 0.468 e. The summed E-state index contributed by atoms with van der Waals surface area (Å²) in [7, 11) is 0. The number of carbonyl (C=O) groups is 1. The second-order valence-corrected chi connectivity index (χ2v) is 7.94. The van der Waals surface area contributed by atoms with Crippen LogP contribution in [0.2, 0.25) is 0 Å². The van der Waals surface area contributed by atoms with E-state index in [1.54, 1.807) is 6.26 Å². The Morgan fingerprint density at radius 3 is 2.20 bits per heavy atom. The second-order valence-electron chi connectivity index (χ2n) is 7.94. The zero-order valence-corrected chi connectivity index (χ0v) is 15.8. The molecule has 3 nitrogen and oxygen atoms in total. The number of anilines is 1. The molecule has 0 aliphatic heterocycles. The van der Waals surface area contributed by atoms with Gasteiger partial charge < -0.3 is 9.73 Å². The lowest BCUT2D eigenvalue weighted by Gasteiger charge is -2.31. The Bertz CT molecular complexity index is 719. The topological polar surface area (TPSA) is 42.2 Å². The van der Waals surface area contributed by atoms with Crippen LogP contribution in [0.3, 0.4) is 0 Å². The first-order chi connectivity index (χ1) is 11.9. The van der Waals surface area contributed by atoms with Gasteiger partial charge in [0.05, 0.1) is 11.7 Å². The highest BCUT2D eigenvalue weighted by Gasteiger charge is 2.43. The normalized spacial score (nSPS) is 16.6. The fourth-order valence-electron chi connectivity index (χ4n) is 3.88. The van der Waals surface area contributed by atoms with Crippen LogP contribution in [-0.4, -0.2) is 5.91 Å². The van der Waals surface area contributed by atoms with Gasteiger partial charge in [-0.05, 0) is 42.5 Å². The Labute approximate surface area is 150 Å². The van der Waals surface area contributed by atoms with E-state index in [0.717, 1.165) is 48.3 Å². The van der Waals surface area contributed by atoms with E-state index in [2.05, 4.69) is 39.1 Å². The van der Waals surface area contributed by atoms with E-state index >= 15 is 0 Å². The van der Waals surface area contributed by atoms with Crippen LogP contribution >= 0.6 is 0 Å². The lowest BCUT2D eigenvalue weighted by molar-refractivity contribution is -0.127. The van der Waals surface area contributed by atoms with Crippen molar-refractivity contribution >= 4 is 11.6 Å². The summed E-state index contributed by atoms with van der Waals surface area (Å²) in [6.07, 6.45) is 6.12. The Morgan fingerprint density at radius 2 is 1.68 bits per heavy atom. The molecule has 1 heterocycles. The molecule has 0 radical (unpaired) electrons. The average Bonchev–Trinajstić information content (AvgIpc) is 3.26. The third-order valence-corrected chi connectivity index (χ3v) is 5.72. The summed E-state index contributed by atoms with van der Waals surface area (Å²) in [4.78, 5) is 12.9. The van der Waals surface area contributed by atoms with E-state index in [9.17, 15) is 4.79 Å². The Balaban J connectivity index is 1.73. The van der Waals surface area contributed by atoms with Crippen LogP contribution < -0.4 is 5.32 Å². The molecule has 0 bridgehead atoms. The van der Waals surface area contributed by atoms with Gasteiger partial charge >= 0.3 is 0 Å². The molecule has 1 saturated carbocycles. The van der Waals surface area contributed by atoms with E-state index in [4.69, 9.17) is 4.42 Å². The van der Waals surface area contributed by atoms with E-state index < -0.39 is 0 Å². The van der Waals surface area contributed by atoms with E-state index in [0.29, 0.717) is 11.8 Å². The first-order valence-electron chi connectivity index (χ1n) is 9.43. The van der Waals surface area contributed by atoms with Gasteiger partial charge in [0.1, 0.15) is 5.76 Å². The SMILES string of the molecule is CC(C)c1cc(-c2ccc(NC(=O)C3(C(C)C)CCCC3)cc2)co1. The van der Waals surface area contributed by atoms with Crippen LogP contribution in [-0.2, 0) is 4.79 Å². The molecule has 0 spiro atoms. The van der Waals surface area contributed by atoms with Crippen molar-refractivity contribution < 1.29 is 9.21 Å². The molecule has 1 aliphatic rings. The number of hydrogen-bond acceptors (Lipinski definition) is 2. The minimum Gasteiger partial charge on any atom is -0.468 e. The van der Waals surface area contributed by atoms with Gasteiger partial charge in [-0.2, -0.15) is 0 Å². The fraction of sp³-hybridized carbons (Fsp3) is 0.500. The molecule has 2 aromatic rings. The smallest absolute Gasteiger partial charge is 0.230 e. The monoisotopic (exact) mass is 339 g/mol. The molecule has 1 N–H and O–H groups in total. The number of benzene rings is 1. The maximum absolute atomic E-state index is 12.9. The summed E-state index contributed by atoms with van der Waals surface area (Å²) >= 11 is 0. The fourth-order valence-corrected chi connectivity index (χ4v) is 3.88. The molecule has 1 aromatic heterocycles. The molecule has 134 valence electrons. The van der Waals surface area contributed by atoms with Gasteiger partial charge in [-0.15, -0.1) is 0 Å². The van der Waals surface area contributed by atoms with Crippen molar-refractivity contribution in [2.45, 2.75) is 59.3 Å². The Kier molecular flexibility index (Phi) is 5.03. The molecule has 0 unspecified atom stereocenters. The molecule has 25 heavy (non-hydrogen) atoms. The van der Waals surface area contributed by atoms with Crippen molar-refractivity contribution in [2.24, 2.45) is 11.3 Å². The minimum atomic E-state index is -0.199. The average molecular weight is 339 g/mol. The first-order valence-corrected chi connectivity index (χ1v) is 9.43. The van der Waals surface area contributed by atoms with Crippen LogP contribution in [0.5, 0.6) is 0 Å². The molecule has 1 aliphatic carbocycles. The Morgan fingerprint density at radius 1 is 1.04 bits per heavy atom. The van der Waals surface area contributed by atoms with Gasteiger partial charge in [-0.25, -0.2) is 0 Å². The lowest BCUT2D eigenvalue weighted by Crippen LogP contribution is -2.38.